The molecule has 0 aliphatic heterocycles. The van der Waals surface area contributed by atoms with Gasteiger partial charge in [0, 0.05) is 24.0 Å². The smallest absolute Gasteiger partial charge is 0.312 e. The van der Waals surface area contributed by atoms with E-state index in [1.165, 1.54) is 6.07 Å². The summed E-state index contributed by atoms with van der Waals surface area (Å²) in [7, 11) is 0. The van der Waals surface area contributed by atoms with Crippen molar-refractivity contribution in [3.05, 3.63) is 53.6 Å². The molecule has 2 aromatic carbocycles. The number of esters is 3. The predicted octanol–water partition coefficient (Wildman–Crippen LogP) is 5.01. The zero-order chi connectivity index (χ0) is 23.3. The van der Waals surface area contributed by atoms with Crippen LogP contribution in [0.1, 0.15) is 43.7 Å². The molecule has 0 N–H and O–H groups in total. The fraction of sp³-hybridized carbons (Fsp3) is 0.292. The fourth-order valence-corrected chi connectivity index (χ4v) is 2.95. The molecule has 0 fully saturated rings. The highest BCUT2D eigenvalue weighted by molar-refractivity contribution is 7.80. The lowest BCUT2D eigenvalue weighted by Crippen LogP contribution is -2.10. The standard InChI is InChI=1S/C24H26O6S2/c1-2-3-22(25)28-19-8-6-17(7-9-19)4-5-18-14-20(29-23(26)10-12-31)16-21(15-18)30-24(27)11-13-32/h4-9,14-16,31-32H,2-3,10-13H2,1H3/b5-4+. The van der Waals surface area contributed by atoms with Crippen molar-refractivity contribution in [2.75, 3.05) is 11.5 Å². The Morgan fingerprint density at radius 2 is 1.16 bits per heavy atom. The van der Waals surface area contributed by atoms with Crippen LogP contribution in [0.5, 0.6) is 17.2 Å². The summed E-state index contributed by atoms with van der Waals surface area (Å²) in [6.45, 7) is 1.91. The van der Waals surface area contributed by atoms with Gasteiger partial charge in [0.05, 0.1) is 12.8 Å². The van der Waals surface area contributed by atoms with E-state index in [4.69, 9.17) is 14.2 Å². The Labute approximate surface area is 198 Å². The van der Waals surface area contributed by atoms with Crippen LogP contribution in [0.25, 0.3) is 12.2 Å². The zero-order valence-electron chi connectivity index (χ0n) is 17.8. The highest BCUT2D eigenvalue weighted by Gasteiger charge is 2.10. The Morgan fingerprint density at radius 1 is 0.688 bits per heavy atom. The molecule has 170 valence electrons. The SMILES string of the molecule is CCCC(=O)Oc1ccc(/C=C/c2cc(OC(=O)CCS)cc(OC(=O)CCS)c2)cc1. The van der Waals surface area contributed by atoms with Gasteiger partial charge in [-0.2, -0.15) is 25.3 Å². The summed E-state index contributed by atoms with van der Waals surface area (Å²) >= 11 is 8.06. The van der Waals surface area contributed by atoms with Crippen LogP contribution >= 0.6 is 25.3 Å². The van der Waals surface area contributed by atoms with Crippen LogP contribution in [-0.2, 0) is 14.4 Å². The molecule has 0 atom stereocenters. The maximum atomic E-state index is 11.8. The first-order valence-corrected chi connectivity index (χ1v) is 11.5. The van der Waals surface area contributed by atoms with Crippen molar-refractivity contribution in [3.8, 4) is 17.2 Å². The zero-order valence-corrected chi connectivity index (χ0v) is 19.6. The first kappa shape index (κ1) is 25.5. The fourth-order valence-electron chi connectivity index (χ4n) is 2.58. The molecule has 0 aromatic heterocycles. The normalized spacial score (nSPS) is 10.7. The third-order valence-corrected chi connectivity index (χ3v) is 4.48. The Morgan fingerprint density at radius 3 is 1.66 bits per heavy atom. The Bertz CT molecular complexity index is 915. The number of ether oxygens (including phenoxy) is 3. The van der Waals surface area contributed by atoms with Crippen molar-refractivity contribution in [1.29, 1.82) is 0 Å². The monoisotopic (exact) mass is 474 g/mol. The molecular weight excluding hydrogens is 448 g/mol. The average Bonchev–Trinajstić information content (AvgIpc) is 2.73. The maximum Gasteiger partial charge on any atom is 0.312 e. The molecule has 2 rings (SSSR count). The minimum absolute atomic E-state index is 0.160. The van der Waals surface area contributed by atoms with E-state index in [0.717, 1.165) is 12.0 Å². The number of hydrogen-bond acceptors (Lipinski definition) is 8. The van der Waals surface area contributed by atoms with Gasteiger partial charge in [-0.15, -0.1) is 0 Å². The maximum absolute atomic E-state index is 11.8. The summed E-state index contributed by atoms with van der Waals surface area (Å²) < 4.78 is 15.9. The van der Waals surface area contributed by atoms with Gasteiger partial charge >= 0.3 is 17.9 Å². The highest BCUT2D eigenvalue weighted by Crippen LogP contribution is 2.26. The summed E-state index contributed by atoms with van der Waals surface area (Å²) in [5.74, 6) is 0.635. The second kappa shape index (κ2) is 13.6. The minimum atomic E-state index is -0.429. The van der Waals surface area contributed by atoms with E-state index < -0.39 is 11.9 Å². The number of hydrogen-bond donors (Lipinski definition) is 2. The van der Waals surface area contributed by atoms with E-state index >= 15 is 0 Å². The summed E-state index contributed by atoms with van der Waals surface area (Å²) in [4.78, 5) is 35.3. The minimum Gasteiger partial charge on any atom is -0.427 e. The van der Waals surface area contributed by atoms with Gasteiger partial charge in [-0.05, 0) is 41.8 Å². The molecule has 0 saturated carbocycles. The lowest BCUT2D eigenvalue weighted by Gasteiger charge is -2.09. The summed E-state index contributed by atoms with van der Waals surface area (Å²) in [6, 6.07) is 11.9. The molecule has 6 nitrogen and oxygen atoms in total. The first-order chi connectivity index (χ1) is 15.4. The van der Waals surface area contributed by atoms with E-state index in [9.17, 15) is 14.4 Å². The van der Waals surface area contributed by atoms with Gasteiger partial charge in [0.1, 0.15) is 17.2 Å². The molecule has 0 spiro atoms. The van der Waals surface area contributed by atoms with E-state index in [1.54, 1.807) is 30.3 Å². The molecule has 2 aromatic rings. The second-order valence-corrected chi connectivity index (χ2v) is 7.65. The van der Waals surface area contributed by atoms with Crippen molar-refractivity contribution < 1.29 is 28.6 Å². The van der Waals surface area contributed by atoms with Crippen LogP contribution in [0.4, 0.5) is 0 Å². The van der Waals surface area contributed by atoms with Crippen LogP contribution in [0.3, 0.4) is 0 Å². The van der Waals surface area contributed by atoms with Gasteiger partial charge in [-0.25, -0.2) is 0 Å². The Hall–Kier alpha value is -2.71. The third kappa shape index (κ3) is 9.20. The van der Waals surface area contributed by atoms with Crippen LogP contribution < -0.4 is 14.2 Å². The Kier molecular flexibility index (Phi) is 10.9. The lowest BCUT2D eigenvalue weighted by atomic mass is 10.1. The molecule has 0 amide bonds. The molecule has 0 heterocycles. The molecule has 0 aliphatic rings. The van der Waals surface area contributed by atoms with Crippen molar-refractivity contribution in [2.24, 2.45) is 0 Å². The van der Waals surface area contributed by atoms with E-state index in [2.05, 4.69) is 25.3 Å². The number of carbonyl (C=O) groups is 3. The second-order valence-electron chi connectivity index (χ2n) is 6.76. The quantitative estimate of drug-likeness (QED) is 0.206. The van der Waals surface area contributed by atoms with Crippen LogP contribution in [0.15, 0.2) is 42.5 Å². The Balaban J connectivity index is 2.18. The predicted molar refractivity (Wildman–Crippen MR) is 131 cm³/mol. The largest absolute Gasteiger partial charge is 0.427 e. The van der Waals surface area contributed by atoms with Gasteiger partial charge in [0.15, 0.2) is 0 Å². The molecule has 32 heavy (non-hydrogen) atoms. The molecule has 0 unspecified atom stereocenters. The lowest BCUT2D eigenvalue weighted by molar-refractivity contribution is -0.135. The summed E-state index contributed by atoms with van der Waals surface area (Å²) in [5, 5.41) is 0. The first-order valence-electron chi connectivity index (χ1n) is 10.2. The van der Waals surface area contributed by atoms with Crippen LogP contribution in [-0.4, -0.2) is 29.4 Å². The van der Waals surface area contributed by atoms with E-state index in [0.29, 0.717) is 29.2 Å². The van der Waals surface area contributed by atoms with Gasteiger partial charge in [0.25, 0.3) is 0 Å². The van der Waals surface area contributed by atoms with Gasteiger partial charge in [-0.1, -0.05) is 31.2 Å². The molecule has 0 aliphatic carbocycles. The molecule has 8 heteroatoms. The highest BCUT2D eigenvalue weighted by atomic mass is 32.1. The number of benzene rings is 2. The number of thiol groups is 2. The molecule has 0 radical (unpaired) electrons. The van der Waals surface area contributed by atoms with Crippen molar-refractivity contribution in [2.45, 2.75) is 32.6 Å². The third-order valence-electron chi connectivity index (χ3n) is 4.03. The number of rotatable bonds is 11. The average molecular weight is 475 g/mol. The molecule has 0 saturated heterocycles. The van der Waals surface area contributed by atoms with Gasteiger partial charge in [0.2, 0.25) is 0 Å². The van der Waals surface area contributed by atoms with Gasteiger partial charge in [-0.3, -0.25) is 14.4 Å². The van der Waals surface area contributed by atoms with Crippen molar-refractivity contribution in [3.63, 3.8) is 0 Å². The van der Waals surface area contributed by atoms with E-state index in [1.807, 2.05) is 25.1 Å². The van der Waals surface area contributed by atoms with Crippen LogP contribution in [0.2, 0.25) is 0 Å². The van der Waals surface area contributed by atoms with Crippen LogP contribution in [0, 0.1) is 0 Å². The van der Waals surface area contributed by atoms with Crippen molar-refractivity contribution >= 4 is 55.3 Å². The number of carbonyl (C=O) groups excluding carboxylic acids is 3. The summed E-state index contributed by atoms with van der Waals surface area (Å²) in [5.41, 5.74) is 1.54. The summed E-state index contributed by atoms with van der Waals surface area (Å²) in [6.07, 6.45) is 5.06. The van der Waals surface area contributed by atoms with Gasteiger partial charge < -0.3 is 14.2 Å². The van der Waals surface area contributed by atoms with E-state index in [-0.39, 0.29) is 30.3 Å². The molecule has 0 bridgehead atoms. The topological polar surface area (TPSA) is 78.9 Å². The van der Waals surface area contributed by atoms with Crippen molar-refractivity contribution in [1.82, 2.24) is 0 Å². The molecular formula is C24H26O6S2.